The fourth-order valence-electron chi connectivity index (χ4n) is 3.80. The van der Waals surface area contributed by atoms with E-state index in [4.69, 9.17) is 9.73 Å². The summed E-state index contributed by atoms with van der Waals surface area (Å²) >= 11 is 0. The predicted molar refractivity (Wildman–Crippen MR) is 140 cm³/mol. The van der Waals surface area contributed by atoms with E-state index in [9.17, 15) is 0 Å². The molecule has 7 heteroatoms. The number of aromatic nitrogens is 2. The molecule has 0 spiro atoms. The highest BCUT2D eigenvalue weighted by Crippen LogP contribution is 2.18. The zero-order chi connectivity index (χ0) is 21.3. The Morgan fingerprint density at radius 1 is 1.06 bits per heavy atom. The van der Waals surface area contributed by atoms with Gasteiger partial charge in [-0.2, -0.15) is 5.10 Å². The van der Waals surface area contributed by atoms with Crippen molar-refractivity contribution >= 4 is 29.9 Å². The molecule has 1 saturated heterocycles. The monoisotopic (exact) mass is 545 g/mol. The fraction of sp³-hybridized carbons (Fsp3) is 0.360. The summed E-state index contributed by atoms with van der Waals surface area (Å²) in [6.45, 7) is 5.63. The Morgan fingerprint density at radius 2 is 1.75 bits per heavy atom. The molecule has 1 aliphatic rings. The van der Waals surface area contributed by atoms with Crippen LogP contribution in [0.1, 0.15) is 25.3 Å². The van der Waals surface area contributed by atoms with Crippen LogP contribution >= 0.6 is 24.0 Å². The van der Waals surface area contributed by atoms with Gasteiger partial charge in [-0.3, -0.25) is 4.99 Å². The second-order valence-electron chi connectivity index (χ2n) is 7.73. The second kappa shape index (κ2) is 12.5. The maximum absolute atomic E-state index is 6.12. The summed E-state index contributed by atoms with van der Waals surface area (Å²) in [5, 5.41) is 7.93. The van der Waals surface area contributed by atoms with Gasteiger partial charge in [0.05, 0.1) is 11.9 Å². The molecule has 1 fully saturated rings. The van der Waals surface area contributed by atoms with Crippen molar-refractivity contribution in [3.8, 4) is 11.4 Å². The molecule has 6 nitrogen and oxygen atoms in total. The van der Waals surface area contributed by atoms with E-state index in [1.165, 1.54) is 5.56 Å². The first kappa shape index (κ1) is 24.1. The maximum atomic E-state index is 6.12. The summed E-state index contributed by atoms with van der Waals surface area (Å²) in [4.78, 5) is 7.23. The molecule has 0 bridgehead atoms. The topological polar surface area (TPSA) is 54.7 Å². The summed E-state index contributed by atoms with van der Waals surface area (Å²) in [5.41, 5.74) is 2.27. The first-order valence-electron chi connectivity index (χ1n) is 11.2. The molecule has 1 aromatic heterocycles. The highest BCUT2D eigenvalue weighted by Gasteiger charge is 2.22. The first-order valence-corrected chi connectivity index (χ1v) is 11.2. The minimum absolute atomic E-state index is 0. The number of hydrogen-bond donors (Lipinski definition) is 1. The van der Waals surface area contributed by atoms with E-state index in [1.807, 2.05) is 59.4 Å². The molecular weight excluding hydrogens is 513 g/mol. The van der Waals surface area contributed by atoms with Crippen LogP contribution in [0.25, 0.3) is 5.69 Å². The smallest absolute Gasteiger partial charge is 0.193 e. The molecule has 4 rings (SSSR count). The van der Waals surface area contributed by atoms with Gasteiger partial charge in [-0.15, -0.1) is 24.0 Å². The van der Waals surface area contributed by atoms with Crippen LogP contribution in [0, 0.1) is 0 Å². The van der Waals surface area contributed by atoms with Gasteiger partial charge in [0.15, 0.2) is 5.96 Å². The Bertz CT molecular complexity index is 953. The lowest BCUT2D eigenvalue weighted by atomic mass is 10.1. The van der Waals surface area contributed by atoms with Crippen LogP contribution in [-0.2, 0) is 6.42 Å². The molecule has 1 aliphatic heterocycles. The summed E-state index contributed by atoms with van der Waals surface area (Å²) in [6.07, 6.45) is 7.17. The van der Waals surface area contributed by atoms with Gasteiger partial charge in [-0.1, -0.05) is 36.4 Å². The number of rotatable bonds is 7. The van der Waals surface area contributed by atoms with Gasteiger partial charge in [0.25, 0.3) is 0 Å². The Hall–Kier alpha value is -2.55. The van der Waals surface area contributed by atoms with Gasteiger partial charge in [-0.25, -0.2) is 4.68 Å². The number of hydrogen-bond acceptors (Lipinski definition) is 3. The van der Waals surface area contributed by atoms with Crippen molar-refractivity contribution in [3.63, 3.8) is 0 Å². The van der Waals surface area contributed by atoms with Crippen LogP contribution in [-0.4, -0.2) is 52.9 Å². The number of piperidine rings is 1. The lowest BCUT2D eigenvalue weighted by molar-refractivity contribution is 0.129. The normalized spacial score (nSPS) is 14.7. The van der Waals surface area contributed by atoms with Crippen molar-refractivity contribution in [2.24, 2.45) is 4.99 Å². The first-order chi connectivity index (χ1) is 15.3. The molecule has 0 saturated carbocycles. The lowest BCUT2D eigenvalue weighted by Gasteiger charge is -2.34. The molecule has 0 aliphatic carbocycles. The third-order valence-electron chi connectivity index (χ3n) is 5.44. The van der Waals surface area contributed by atoms with E-state index < -0.39 is 0 Å². The largest absolute Gasteiger partial charge is 0.490 e. The number of para-hydroxylation sites is 2. The third kappa shape index (κ3) is 6.72. The average Bonchev–Trinajstić information content (AvgIpc) is 3.29. The van der Waals surface area contributed by atoms with Crippen LogP contribution in [0.4, 0.5) is 0 Å². The quantitative estimate of drug-likeness (QED) is 0.269. The zero-order valence-electron chi connectivity index (χ0n) is 18.6. The molecular formula is C25H32IN5O. The molecule has 0 unspecified atom stereocenters. The number of likely N-dealkylation sites (tertiary alicyclic amines) is 1. The molecule has 3 aromatic rings. The SMILES string of the molecule is CCNC(=NCCc1cnn(-c2ccccc2)c1)N1CCC(Oc2ccccc2)CC1.I. The van der Waals surface area contributed by atoms with Crippen molar-refractivity contribution in [1.82, 2.24) is 20.0 Å². The highest BCUT2D eigenvalue weighted by atomic mass is 127. The molecule has 170 valence electrons. The second-order valence-corrected chi connectivity index (χ2v) is 7.73. The predicted octanol–water partition coefficient (Wildman–Crippen LogP) is 4.54. The summed E-state index contributed by atoms with van der Waals surface area (Å²) in [5.74, 6) is 1.95. The van der Waals surface area contributed by atoms with Crippen LogP contribution in [0.2, 0.25) is 0 Å². The van der Waals surface area contributed by atoms with E-state index in [1.54, 1.807) is 0 Å². The van der Waals surface area contributed by atoms with Gasteiger partial charge in [-0.05, 0) is 43.2 Å². The number of benzene rings is 2. The van der Waals surface area contributed by atoms with Gasteiger partial charge < -0.3 is 15.0 Å². The molecule has 32 heavy (non-hydrogen) atoms. The lowest BCUT2D eigenvalue weighted by Crippen LogP contribution is -2.47. The number of ether oxygens (including phenoxy) is 1. The van der Waals surface area contributed by atoms with Crippen molar-refractivity contribution in [2.75, 3.05) is 26.2 Å². The van der Waals surface area contributed by atoms with E-state index in [2.05, 4.69) is 40.6 Å². The van der Waals surface area contributed by atoms with Gasteiger partial charge >= 0.3 is 0 Å². The van der Waals surface area contributed by atoms with Gasteiger partial charge in [0, 0.05) is 45.2 Å². The van der Waals surface area contributed by atoms with Crippen molar-refractivity contribution in [3.05, 3.63) is 78.6 Å². The minimum Gasteiger partial charge on any atom is -0.490 e. The summed E-state index contributed by atoms with van der Waals surface area (Å²) in [6, 6.07) is 20.3. The fourth-order valence-corrected chi connectivity index (χ4v) is 3.80. The van der Waals surface area contributed by atoms with Crippen molar-refractivity contribution < 1.29 is 4.74 Å². The average molecular weight is 545 g/mol. The van der Waals surface area contributed by atoms with Crippen LogP contribution in [0.5, 0.6) is 5.75 Å². The Kier molecular flexibility index (Phi) is 9.40. The van der Waals surface area contributed by atoms with E-state index in [-0.39, 0.29) is 30.1 Å². The summed E-state index contributed by atoms with van der Waals surface area (Å²) in [7, 11) is 0. The Balaban J connectivity index is 0.00000289. The maximum Gasteiger partial charge on any atom is 0.193 e. The van der Waals surface area contributed by atoms with Crippen molar-refractivity contribution in [1.29, 1.82) is 0 Å². The standard InChI is InChI=1S/C25H31N5O.HI/c1-2-26-25(29-17-14-24(15-18-29)31-23-11-7-4-8-12-23)27-16-13-21-19-28-30(20-21)22-9-5-3-6-10-22;/h3-12,19-20,24H,2,13-18H2,1H3,(H,26,27);1H. The third-order valence-corrected chi connectivity index (χ3v) is 5.44. The molecule has 0 atom stereocenters. The molecule has 0 amide bonds. The number of nitrogens with zero attached hydrogens (tertiary/aromatic N) is 4. The molecule has 1 N–H and O–H groups in total. The summed E-state index contributed by atoms with van der Waals surface area (Å²) < 4.78 is 8.04. The van der Waals surface area contributed by atoms with Crippen LogP contribution in [0.15, 0.2) is 78.0 Å². The van der Waals surface area contributed by atoms with Gasteiger partial charge in [0.1, 0.15) is 11.9 Å². The highest BCUT2D eigenvalue weighted by molar-refractivity contribution is 14.0. The molecule has 2 aromatic carbocycles. The minimum atomic E-state index is 0. The number of halogens is 1. The molecule has 0 radical (unpaired) electrons. The molecule has 2 heterocycles. The van der Waals surface area contributed by atoms with Gasteiger partial charge in [0.2, 0.25) is 0 Å². The van der Waals surface area contributed by atoms with E-state index >= 15 is 0 Å². The number of aliphatic imine (C=N–C) groups is 1. The van der Waals surface area contributed by atoms with Crippen LogP contribution < -0.4 is 10.1 Å². The number of guanidine groups is 1. The zero-order valence-corrected chi connectivity index (χ0v) is 20.9. The number of nitrogens with one attached hydrogen (secondary N) is 1. The van der Waals surface area contributed by atoms with E-state index in [0.29, 0.717) is 0 Å². The van der Waals surface area contributed by atoms with E-state index in [0.717, 1.165) is 62.8 Å². The van der Waals surface area contributed by atoms with Crippen LogP contribution in [0.3, 0.4) is 0 Å². The Morgan fingerprint density at radius 3 is 2.44 bits per heavy atom. The Labute approximate surface area is 207 Å². The van der Waals surface area contributed by atoms with Crippen molar-refractivity contribution in [2.45, 2.75) is 32.3 Å².